The zero-order valence-corrected chi connectivity index (χ0v) is 12.0. The Kier molecular flexibility index (Phi) is 3.10. The summed E-state index contributed by atoms with van der Waals surface area (Å²) in [4.78, 5) is 11.3. The number of nitrogens with zero attached hydrogens (tertiary/aromatic N) is 3. The number of hydrogen-bond acceptors (Lipinski definition) is 5. The highest BCUT2D eigenvalue weighted by molar-refractivity contribution is 5.65. The number of aromatic nitrogens is 2. The van der Waals surface area contributed by atoms with Crippen molar-refractivity contribution in [3.63, 3.8) is 0 Å². The zero-order chi connectivity index (χ0) is 14.1. The first-order valence-corrected chi connectivity index (χ1v) is 7.60. The maximum absolute atomic E-state index is 4.63. The molecule has 0 atom stereocenters. The molecular weight excluding hydrogens is 262 g/mol. The molecule has 5 nitrogen and oxygen atoms in total. The molecule has 1 saturated heterocycles. The lowest BCUT2D eigenvalue weighted by Gasteiger charge is -2.16. The van der Waals surface area contributed by atoms with Crippen LogP contribution in [0.15, 0.2) is 30.5 Å². The first-order chi connectivity index (χ1) is 10.4. The summed E-state index contributed by atoms with van der Waals surface area (Å²) in [5, 5.41) is 6.69. The van der Waals surface area contributed by atoms with Crippen molar-refractivity contribution in [2.24, 2.45) is 0 Å². The van der Waals surface area contributed by atoms with E-state index in [-0.39, 0.29) is 0 Å². The number of benzene rings is 1. The van der Waals surface area contributed by atoms with E-state index in [1.165, 1.54) is 24.1 Å². The molecule has 0 unspecified atom stereocenters. The van der Waals surface area contributed by atoms with Gasteiger partial charge >= 0.3 is 0 Å². The van der Waals surface area contributed by atoms with Gasteiger partial charge in [-0.25, -0.2) is 4.98 Å². The average molecular weight is 281 g/mol. The van der Waals surface area contributed by atoms with Crippen LogP contribution in [-0.4, -0.2) is 29.6 Å². The molecule has 0 saturated carbocycles. The quantitative estimate of drug-likeness (QED) is 0.906. The number of hydrogen-bond donors (Lipinski definition) is 2. The second-order valence-electron chi connectivity index (χ2n) is 5.61. The van der Waals surface area contributed by atoms with Crippen molar-refractivity contribution in [2.45, 2.75) is 19.3 Å². The molecule has 4 rings (SSSR count). The summed E-state index contributed by atoms with van der Waals surface area (Å²) >= 11 is 0. The highest BCUT2D eigenvalue weighted by Gasteiger charge is 2.14. The van der Waals surface area contributed by atoms with E-state index in [4.69, 9.17) is 0 Å². The number of anilines is 4. The third kappa shape index (κ3) is 2.51. The minimum absolute atomic E-state index is 0.672. The molecule has 21 heavy (non-hydrogen) atoms. The Morgan fingerprint density at radius 2 is 2.05 bits per heavy atom. The van der Waals surface area contributed by atoms with Crippen LogP contribution >= 0.6 is 0 Å². The minimum Gasteiger partial charge on any atom is -0.384 e. The monoisotopic (exact) mass is 281 g/mol. The van der Waals surface area contributed by atoms with Gasteiger partial charge in [-0.1, -0.05) is 0 Å². The highest BCUT2D eigenvalue weighted by atomic mass is 15.2. The third-order valence-electron chi connectivity index (χ3n) is 4.14. The Labute approximate surface area is 124 Å². The Morgan fingerprint density at radius 1 is 1.14 bits per heavy atom. The van der Waals surface area contributed by atoms with Crippen molar-refractivity contribution in [1.82, 2.24) is 9.97 Å². The molecule has 2 aliphatic heterocycles. The summed E-state index contributed by atoms with van der Waals surface area (Å²) in [7, 11) is 0. The summed E-state index contributed by atoms with van der Waals surface area (Å²) in [6.07, 6.45) is 5.42. The fourth-order valence-electron chi connectivity index (χ4n) is 3.04. The average Bonchev–Trinajstić information content (AvgIpc) is 3.18. The van der Waals surface area contributed by atoms with Crippen molar-refractivity contribution in [3.05, 3.63) is 36.0 Å². The molecule has 2 N–H and O–H groups in total. The zero-order valence-electron chi connectivity index (χ0n) is 12.0. The van der Waals surface area contributed by atoms with Crippen molar-refractivity contribution in [3.8, 4) is 0 Å². The second-order valence-corrected chi connectivity index (χ2v) is 5.61. The normalized spacial score (nSPS) is 16.7. The standard InChI is InChI=1S/C16H19N5/c1-2-10-21(9-1)15-6-8-18-16(20-15)19-13-3-4-14-12(11-13)5-7-17-14/h3-4,6,8,11,17H,1-2,5,7,9-10H2,(H,18,19,20). The molecule has 0 radical (unpaired) electrons. The lowest BCUT2D eigenvalue weighted by molar-refractivity contribution is 0.930. The van der Waals surface area contributed by atoms with Gasteiger partial charge in [0.2, 0.25) is 5.95 Å². The van der Waals surface area contributed by atoms with Crippen LogP contribution in [0.1, 0.15) is 18.4 Å². The van der Waals surface area contributed by atoms with Crippen LogP contribution in [0.4, 0.5) is 23.1 Å². The molecule has 2 aromatic rings. The molecule has 0 bridgehead atoms. The van der Waals surface area contributed by atoms with Crippen LogP contribution in [0.2, 0.25) is 0 Å². The van der Waals surface area contributed by atoms with Crippen molar-refractivity contribution < 1.29 is 0 Å². The largest absolute Gasteiger partial charge is 0.384 e. The molecule has 0 aliphatic carbocycles. The summed E-state index contributed by atoms with van der Waals surface area (Å²) in [5.41, 5.74) is 3.65. The van der Waals surface area contributed by atoms with E-state index in [1.54, 1.807) is 0 Å². The van der Waals surface area contributed by atoms with E-state index in [0.29, 0.717) is 5.95 Å². The van der Waals surface area contributed by atoms with Crippen molar-refractivity contribution in [2.75, 3.05) is 35.2 Å². The molecule has 108 valence electrons. The molecule has 5 heteroatoms. The Hall–Kier alpha value is -2.30. The predicted octanol–water partition coefficient (Wildman–Crippen LogP) is 2.79. The summed E-state index contributed by atoms with van der Waals surface area (Å²) in [6.45, 7) is 3.22. The minimum atomic E-state index is 0.672. The molecule has 1 aromatic carbocycles. The summed E-state index contributed by atoms with van der Waals surface area (Å²) in [5.74, 6) is 1.69. The van der Waals surface area contributed by atoms with Gasteiger partial charge in [0.15, 0.2) is 0 Å². The lowest BCUT2D eigenvalue weighted by Crippen LogP contribution is -2.19. The lowest BCUT2D eigenvalue weighted by atomic mass is 10.1. The molecule has 1 aromatic heterocycles. The van der Waals surface area contributed by atoms with Gasteiger partial charge in [-0.05, 0) is 49.1 Å². The van der Waals surface area contributed by atoms with E-state index >= 15 is 0 Å². The summed E-state index contributed by atoms with van der Waals surface area (Å²) < 4.78 is 0. The molecular formula is C16H19N5. The predicted molar refractivity (Wildman–Crippen MR) is 85.4 cm³/mol. The highest BCUT2D eigenvalue weighted by Crippen LogP contribution is 2.27. The van der Waals surface area contributed by atoms with Crippen LogP contribution in [0.3, 0.4) is 0 Å². The maximum atomic E-state index is 4.63. The third-order valence-corrected chi connectivity index (χ3v) is 4.14. The maximum Gasteiger partial charge on any atom is 0.229 e. The van der Waals surface area contributed by atoms with Crippen LogP contribution in [0.25, 0.3) is 0 Å². The molecule has 3 heterocycles. The number of rotatable bonds is 3. The fourth-order valence-corrected chi connectivity index (χ4v) is 3.04. The van der Waals surface area contributed by atoms with Gasteiger partial charge in [-0.3, -0.25) is 0 Å². The fraction of sp³-hybridized carbons (Fsp3) is 0.375. The molecule has 2 aliphatic rings. The first kappa shape index (κ1) is 12.4. The number of nitrogens with one attached hydrogen (secondary N) is 2. The van der Waals surface area contributed by atoms with Gasteiger partial charge in [0.05, 0.1) is 0 Å². The Morgan fingerprint density at radius 3 is 2.95 bits per heavy atom. The van der Waals surface area contributed by atoms with Crippen LogP contribution < -0.4 is 15.5 Å². The van der Waals surface area contributed by atoms with E-state index in [1.807, 2.05) is 12.3 Å². The van der Waals surface area contributed by atoms with Gasteiger partial charge in [0, 0.05) is 37.2 Å². The van der Waals surface area contributed by atoms with Crippen LogP contribution in [0, 0.1) is 0 Å². The summed E-state index contributed by atoms with van der Waals surface area (Å²) in [6, 6.07) is 8.36. The second kappa shape index (κ2) is 5.24. The van der Waals surface area contributed by atoms with Crippen LogP contribution in [0.5, 0.6) is 0 Å². The SMILES string of the molecule is c1cc(N2CCCC2)nc(Nc2ccc3c(c2)CCN3)n1. The van der Waals surface area contributed by atoms with E-state index in [9.17, 15) is 0 Å². The molecule has 1 fully saturated rings. The van der Waals surface area contributed by atoms with Gasteiger partial charge in [-0.2, -0.15) is 4.98 Å². The topological polar surface area (TPSA) is 53.1 Å². The smallest absolute Gasteiger partial charge is 0.229 e. The van der Waals surface area contributed by atoms with Crippen molar-refractivity contribution >= 4 is 23.1 Å². The van der Waals surface area contributed by atoms with Gasteiger partial charge in [0.25, 0.3) is 0 Å². The van der Waals surface area contributed by atoms with Gasteiger partial charge < -0.3 is 15.5 Å². The molecule has 0 amide bonds. The first-order valence-electron chi connectivity index (χ1n) is 7.60. The van der Waals surface area contributed by atoms with E-state index in [0.717, 1.165) is 37.6 Å². The Balaban J connectivity index is 1.55. The van der Waals surface area contributed by atoms with Gasteiger partial charge in [-0.15, -0.1) is 0 Å². The van der Waals surface area contributed by atoms with E-state index < -0.39 is 0 Å². The van der Waals surface area contributed by atoms with Gasteiger partial charge in [0.1, 0.15) is 5.82 Å². The number of fused-ring (bicyclic) bond motifs is 1. The van der Waals surface area contributed by atoms with Crippen molar-refractivity contribution in [1.29, 1.82) is 0 Å². The van der Waals surface area contributed by atoms with E-state index in [2.05, 4.69) is 43.7 Å². The van der Waals surface area contributed by atoms with Crippen LogP contribution in [-0.2, 0) is 6.42 Å². The Bertz CT molecular complexity index is 649. The molecule has 0 spiro atoms.